The first-order valence-electron chi connectivity index (χ1n) is 6.81. The molecular weight excluding hydrogens is 300 g/mol. The number of aryl methyl sites for hydroxylation is 1. The van der Waals surface area contributed by atoms with Gasteiger partial charge in [-0.15, -0.1) is 0 Å². The van der Waals surface area contributed by atoms with Crippen molar-refractivity contribution in [2.45, 2.75) is 24.8 Å². The maximum absolute atomic E-state index is 12.1. The molecule has 1 aromatic carbocycles. The molecule has 0 aliphatic carbocycles. The lowest BCUT2D eigenvalue weighted by atomic mass is 10.1. The molecule has 1 atom stereocenters. The van der Waals surface area contributed by atoms with E-state index in [4.69, 9.17) is 0 Å². The van der Waals surface area contributed by atoms with Crippen molar-refractivity contribution in [2.75, 3.05) is 6.26 Å². The zero-order chi connectivity index (χ0) is 16.3. The Morgan fingerprint density at radius 3 is 2.27 bits per heavy atom. The van der Waals surface area contributed by atoms with Crippen LogP contribution < -0.4 is 5.32 Å². The third-order valence-corrected chi connectivity index (χ3v) is 4.46. The van der Waals surface area contributed by atoms with Crippen LogP contribution in [0.1, 0.15) is 34.6 Å². The Morgan fingerprint density at radius 1 is 1.14 bits per heavy atom. The summed E-state index contributed by atoms with van der Waals surface area (Å²) in [6.07, 6.45) is 2.70. The third-order valence-electron chi connectivity index (χ3n) is 3.33. The van der Waals surface area contributed by atoms with Gasteiger partial charge in [0.1, 0.15) is 0 Å². The molecule has 22 heavy (non-hydrogen) atoms. The summed E-state index contributed by atoms with van der Waals surface area (Å²) in [7, 11) is -3.21. The number of rotatable bonds is 4. The Bertz CT molecular complexity index is 766. The topological polar surface area (TPSA) is 76.1 Å². The first-order chi connectivity index (χ1) is 10.3. The molecule has 0 bridgehead atoms. The molecule has 6 heteroatoms. The fourth-order valence-electron chi connectivity index (χ4n) is 1.97. The van der Waals surface area contributed by atoms with Gasteiger partial charge in [0, 0.05) is 18.1 Å². The SMILES string of the molecule is Cc1ccc(C(=O)NC(C)c2ccc(S(C)(=O)=O)cc2)cn1. The van der Waals surface area contributed by atoms with Crippen LogP contribution >= 0.6 is 0 Å². The number of nitrogens with one attached hydrogen (secondary N) is 1. The van der Waals surface area contributed by atoms with Crippen molar-refractivity contribution in [3.05, 3.63) is 59.4 Å². The van der Waals surface area contributed by atoms with Gasteiger partial charge in [0.15, 0.2) is 9.84 Å². The van der Waals surface area contributed by atoms with Crippen LogP contribution in [-0.2, 0) is 9.84 Å². The lowest BCUT2D eigenvalue weighted by Crippen LogP contribution is -2.26. The van der Waals surface area contributed by atoms with Gasteiger partial charge in [0.05, 0.1) is 16.5 Å². The molecule has 0 aliphatic rings. The Labute approximate surface area is 130 Å². The van der Waals surface area contributed by atoms with E-state index in [0.29, 0.717) is 5.56 Å². The highest BCUT2D eigenvalue weighted by atomic mass is 32.2. The maximum atomic E-state index is 12.1. The Hall–Kier alpha value is -2.21. The van der Waals surface area contributed by atoms with Gasteiger partial charge in [0.25, 0.3) is 5.91 Å². The molecule has 1 heterocycles. The molecule has 5 nitrogen and oxygen atoms in total. The van der Waals surface area contributed by atoms with E-state index in [1.54, 1.807) is 36.4 Å². The molecule has 116 valence electrons. The van der Waals surface area contributed by atoms with E-state index in [1.807, 2.05) is 13.8 Å². The van der Waals surface area contributed by atoms with Crippen molar-refractivity contribution >= 4 is 15.7 Å². The normalized spacial score (nSPS) is 12.7. The average molecular weight is 318 g/mol. The number of hydrogen-bond acceptors (Lipinski definition) is 4. The van der Waals surface area contributed by atoms with Crippen molar-refractivity contribution in [1.82, 2.24) is 10.3 Å². The molecule has 1 unspecified atom stereocenters. The van der Waals surface area contributed by atoms with E-state index in [2.05, 4.69) is 10.3 Å². The van der Waals surface area contributed by atoms with Crippen LogP contribution in [0.25, 0.3) is 0 Å². The first-order valence-corrected chi connectivity index (χ1v) is 8.70. The quantitative estimate of drug-likeness (QED) is 0.938. The summed E-state index contributed by atoms with van der Waals surface area (Å²) in [5.41, 5.74) is 2.17. The highest BCUT2D eigenvalue weighted by Crippen LogP contribution is 2.16. The second-order valence-electron chi connectivity index (χ2n) is 5.22. The number of carbonyl (C=O) groups excluding carboxylic acids is 1. The molecule has 0 saturated carbocycles. The minimum absolute atomic E-state index is 0.216. The minimum Gasteiger partial charge on any atom is -0.345 e. The molecule has 1 amide bonds. The molecule has 2 rings (SSSR count). The molecule has 2 aromatic rings. The molecule has 1 aromatic heterocycles. The Kier molecular flexibility index (Phi) is 4.61. The number of hydrogen-bond donors (Lipinski definition) is 1. The number of benzene rings is 1. The minimum atomic E-state index is -3.21. The van der Waals surface area contributed by atoms with E-state index in [1.165, 1.54) is 6.20 Å². The van der Waals surface area contributed by atoms with E-state index in [0.717, 1.165) is 17.5 Å². The van der Waals surface area contributed by atoms with E-state index in [9.17, 15) is 13.2 Å². The average Bonchev–Trinajstić information content (AvgIpc) is 2.47. The molecule has 0 spiro atoms. The summed E-state index contributed by atoms with van der Waals surface area (Å²) < 4.78 is 22.9. The van der Waals surface area contributed by atoms with Gasteiger partial charge in [0.2, 0.25) is 0 Å². The second kappa shape index (κ2) is 6.27. The van der Waals surface area contributed by atoms with E-state index in [-0.39, 0.29) is 16.8 Å². The lowest BCUT2D eigenvalue weighted by Gasteiger charge is -2.14. The van der Waals surface area contributed by atoms with Crippen LogP contribution in [0.5, 0.6) is 0 Å². The summed E-state index contributed by atoms with van der Waals surface area (Å²) in [4.78, 5) is 16.5. The molecule has 0 radical (unpaired) electrons. The summed E-state index contributed by atoms with van der Waals surface area (Å²) in [5, 5.41) is 2.86. The lowest BCUT2D eigenvalue weighted by molar-refractivity contribution is 0.0939. The van der Waals surface area contributed by atoms with Crippen molar-refractivity contribution < 1.29 is 13.2 Å². The van der Waals surface area contributed by atoms with Gasteiger partial charge in [-0.25, -0.2) is 8.42 Å². The van der Waals surface area contributed by atoms with Gasteiger partial charge in [-0.3, -0.25) is 9.78 Å². The van der Waals surface area contributed by atoms with Crippen molar-refractivity contribution in [3.8, 4) is 0 Å². The summed E-state index contributed by atoms with van der Waals surface area (Å²) in [6, 6.07) is 9.75. The van der Waals surface area contributed by atoms with Crippen molar-refractivity contribution in [2.24, 2.45) is 0 Å². The molecule has 1 N–H and O–H groups in total. The number of sulfone groups is 1. The maximum Gasteiger partial charge on any atom is 0.253 e. The van der Waals surface area contributed by atoms with Crippen LogP contribution in [0.2, 0.25) is 0 Å². The van der Waals surface area contributed by atoms with Gasteiger partial charge < -0.3 is 5.32 Å². The summed E-state index contributed by atoms with van der Waals surface area (Å²) in [5.74, 6) is -0.216. The monoisotopic (exact) mass is 318 g/mol. The molecule has 0 aliphatic heterocycles. The third kappa shape index (κ3) is 3.92. The Morgan fingerprint density at radius 2 is 1.77 bits per heavy atom. The summed E-state index contributed by atoms with van der Waals surface area (Å²) in [6.45, 7) is 3.70. The van der Waals surface area contributed by atoms with Crippen LogP contribution in [0, 0.1) is 6.92 Å². The van der Waals surface area contributed by atoms with Crippen LogP contribution in [0.15, 0.2) is 47.5 Å². The molecule has 0 fully saturated rings. The van der Waals surface area contributed by atoms with Gasteiger partial charge >= 0.3 is 0 Å². The van der Waals surface area contributed by atoms with Crippen LogP contribution in [0.3, 0.4) is 0 Å². The molecular formula is C16H18N2O3S. The Balaban J connectivity index is 2.10. The fraction of sp³-hybridized carbons (Fsp3) is 0.250. The summed E-state index contributed by atoms with van der Waals surface area (Å²) >= 11 is 0. The van der Waals surface area contributed by atoms with Crippen LogP contribution in [-0.4, -0.2) is 25.6 Å². The predicted octanol–water partition coefficient (Wildman–Crippen LogP) is 2.28. The van der Waals surface area contributed by atoms with Crippen molar-refractivity contribution in [1.29, 1.82) is 0 Å². The van der Waals surface area contributed by atoms with Gasteiger partial charge in [-0.2, -0.15) is 0 Å². The number of aromatic nitrogens is 1. The zero-order valence-corrected chi connectivity index (χ0v) is 13.5. The number of nitrogens with zero attached hydrogens (tertiary/aromatic N) is 1. The number of amides is 1. The van der Waals surface area contributed by atoms with E-state index < -0.39 is 9.84 Å². The number of carbonyl (C=O) groups is 1. The fourth-order valence-corrected chi connectivity index (χ4v) is 2.60. The van der Waals surface area contributed by atoms with Gasteiger partial charge in [-0.05, 0) is 43.7 Å². The standard InChI is InChI=1S/C16H18N2O3S/c1-11-4-5-14(10-17-11)16(19)18-12(2)13-6-8-15(9-7-13)22(3,20)21/h4-10,12H,1-3H3,(H,18,19). The van der Waals surface area contributed by atoms with Gasteiger partial charge in [-0.1, -0.05) is 12.1 Å². The molecule has 0 saturated heterocycles. The second-order valence-corrected chi connectivity index (χ2v) is 7.24. The zero-order valence-electron chi connectivity index (χ0n) is 12.7. The van der Waals surface area contributed by atoms with Crippen molar-refractivity contribution in [3.63, 3.8) is 0 Å². The highest BCUT2D eigenvalue weighted by molar-refractivity contribution is 7.90. The predicted molar refractivity (Wildman–Crippen MR) is 84.4 cm³/mol. The van der Waals surface area contributed by atoms with E-state index >= 15 is 0 Å². The number of pyridine rings is 1. The smallest absolute Gasteiger partial charge is 0.253 e. The van der Waals surface area contributed by atoms with Crippen LogP contribution in [0.4, 0.5) is 0 Å². The largest absolute Gasteiger partial charge is 0.345 e. The first kappa shape index (κ1) is 16.2. The highest BCUT2D eigenvalue weighted by Gasteiger charge is 2.13.